The molecule has 0 radical (unpaired) electrons. The first-order valence-electron chi connectivity index (χ1n) is 5.29. The summed E-state index contributed by atoms with van der Waals surface area (Å²) in [6, 6.07) is 7.69. The number of ketones is 1. The van der Waals surface area contributed by atoms with E-state index in [1.807, 2.05) is 36.4 Å². The van der Waals surface area contributed by atoms with Gasteiger partial charge in [0.2, 0.25) is 0 Å². The SMILES string of the molecule is O=C1c2ccccc2C=CC12CCCO2. The van der Waals surface area contributed by atoms with Gasteiger partial charge < -0.3 is 4.74 Å². The maximum absolute atomic E-state index is 12.3. The van der Waals surface area contributed by atoms with Crippen LogP contribution in [0.5, 0.6) is 0 Å². The van der Waals surface area contributed by atoms with Gasteiger partial charge in [-0.05, 0) is 24.5 Å². The van der Waals surface area contributed by atoms with E-state index in [0.717, 1.165) is 24.0 Å². The van der Waals surface area contributed by atoms with Crippen LogP contribution in [0.25, 0.3) is 6.08 Å². The standard InChI is InChI=1S/C13H12O2/c14-12-11-5-2-1-4-10(11)6-8-13(12)7-3-9-15-13/h1-2,4-6,8H,3,7,9H2. The Labute approximate surface area is 88.6 Å². The van der Waals surface area contributed by atoms with E-state index in [1.54, 1.807) is 0 Å². The first-order chi connectivity index (χ1) is 7.32. The summed E-state index contributed by atoms with van der Waals surface area (Å²) in [5, 5.41) is 0. The van der Waals surface area contributed by atoms with Crippen LogP contribution in [-0.4, -0.2) is 18.0 Å². The molecule has 1 unspecified atom stereocenters. The molecule has 3 rings (SSSR count). The molecule has 1 aliphatic heterocycles. The molecule has 1 aromatic carbocycles. The fraction of sp³-hybridized carbons (Fsp3) is 0.308. The number of ether oxygens (including phenoxy) is 1. The number of carbonyl (C=O) groups excluding carboxylic acids is 1. The van der Waals surface area contributed by atoms with Gasteiger partial charge in [-0.1, -0.05) is 30.3 Å². The third kappa shape index (κ3) is 1.18. The van der Waals surface area contributed by atoms with E-state index in [2.05, 4.69) is 0 Å². The lowest BCUT2D eigenvalue weighted by atomic mass is 9.83. The lowest BCUT2D eigenvalue weighted by Gasteiger charge is -2.27. The average Bonchev–Trinajstić information content (AvgIpc) is 2.74. The van der Waals surface area contributed by atoms with Gasteiger partial charge in [0.1, 0.15) is 5.60 Å². The Morgan fingerprint density at radius 1 is 1.27 bits per heavy atom. The quantitative estimate of drug-likeness (QED) is 0.643. The maximum Gasteiger partial charge on any atom is 0.199 e. The van der Waals surface area contributed by atoms with Crippen molar-refractivity contribution < 1.29 is 9.53 Å². The van der Waals surface area contributed by atoms with Crippen molar-refractivity contribution in [2.75, 3.05) is 6.61 Å². The number of carbonyl (C=O) groups is 1. The van der Waals surface area contributed by atoms with Gasteiger partial charge in [-0.2, -0.15) is 0 Å². The summed E-state index contributed by atoms with van der Waals surface area (Å²) in [4.78, 5) is 12.3. The van der Waals surface area contributed by atoms with Crippen LogP contribution < -0.4 is 0 Å². The molecule has 1 fully saturated rings. The molecule has 2 aliphatic rings. The largest absolute Gasteiger partial charge is 0.363 e. The van der Waals surface area contributed by atoms with Crippen molar-refractivity contribution in [2.45, 2.75) is 18.4 Å². The van der Waals surface area contributed by atoms with Crippen LogP contribution in [0.4, 0.5) is 0 Å². The monoisotopic (exact) mass is 200 g/mol. The highest BCUT2D eigenvalue weighted by Crippen LogP contribution is 2.35. The van der Waals surface area contributed by atoms with E-state index < -0.39 is 5.60 Å². The zero-order valence-electron chi connectivity index (χ0n) is 8.40. The van der Waals surface area contributed by atoms with Crippen LogP contribution >= 0.6 is 0 Å². The zero-order valence-corrected chi connectivity index (χ0v) is 8.40. The van der Waals surface area contributed by atoms with Gasteiger partial charge in [0.05, 0.1) is 0 Å². The maximum atomic E-state index is 12.3. The fourth-order valence-electron chi connectivity index (χ4n) is 2.35. The molecule has 2 nitrogen and oxygen atoms in total. The Balaban J connectivity index is 2.12. The Morgan fingerprint density at radius 2 is 2.13 bits per heavy atom. The lowest BCUT2D eigenvalue weighted by molar-refractivity contribution is 0.0353. The number of hydrogen-bond donors (Lipinski definition) is 0. The van der Waals surface area contributed by atoms with Crippen LogP contribution in [0.3, 0.4) is 0 Å². The fourth-order valence-corrected chi connectivity index (χ4v) is 2.35. The first kappa shape index (κ1) is 8.86. The van der Waals surface area contributed by atoms with Gasteiger partial charge in [0.15, 0.2) is 5.78 Å². The van der Waals surface area contributed by atoms with E-state index in [1.165, 1.54) is 0 Å². The van der Waals surface area contributed by atoms with Gasteiger partial charge >= 0.3 is 0 Å². The molecule has 0 amide bonds. The van der Waals surface area contributed by atoms with Crippen molar-refractivity contribution in [3.05, 3.63) is 41.5 Å². The van der Waals surface area contributed by atoms with Crippen LogP contribution in [0.2, 0.25) is 0 Å². The highest BCUT2D eigenvalue weighted by molar-refractivity contribution is 6.09. The summed E-state index contributed by atoms with van der Waals surface area (Å²) in [7, 11) is 0. The van der Waals surface area contributed by atoms with Crippen molar-refractivity contribution >= 4 is 11.9 Å². The summed E-state index contributed by atoms with van der Waals surface area (Å²) in [6.07, 6.45) is 5.71. The van der Waals surface area contributed by atoms with Crippen molar-refractivity contribution in [2.24, 2.45) is 0 Å². The van der Waals surface area contributed by atoms with E-state index in [0.29, 0.717) is 6.61 Å². The Bertz CT molecular complexity index is 440. The normalized spacial score (nSPS) is 28.4. The van der Waals surface area contributed by atoms with Crippen LogP contribution in [0, 0.1) is 0 Å². The summed E-state index contributed by atoms with van der Waals surface area (Å²) >= 11 is 0. The smallest absolute Gasteiger partial charge is 0.199 e. The molecule has 1 atom stereocenters. The molecule has 0 bridgehead atoms. The van der Waals surface area contributed by atoms with Crippen LogP contribution in [-0.2, 0) is 4.74 Å². The second kappa shape index (κ2) is 3.04. The molecule has 15 heavy (non-hydrogen) atoms. The molecule has 1 aromatic rings. The van der Waals surface area contributed by atoms with Gasteiger partial charge in [-0.15, -0.1) is 0 Å². The summed E-state index contributed by atoms with van der Waals surface area (Å²) < 4.78 is 5.61. The van der Waals surface area contributed by atoms with E-state index >= 15 is 0 Å². The number of Topliss-reactive ketones (excluding diaryl/α,β-unsaturated/α-hetero) is 1. The molecule has 0 aromatic heterocycles. The molecule has 0 N–H and O–H groups in total. The Kier molecular flexibility index (Phi) is 1.80. The van der Waals surface area contributed by atoms with Gasteiger partial charge in [-0.3, -0.25) is 4.79 Å². The molecule has 1 saturated heterocycles. The lowest BCUT2D eigenvalue weighted by Crippen LogP contribution is -2.37. The molecule has 1 spiro atoms. The van der Waals surface area contributed by atoms with Crippen molar-refractivity contribution in [1.29, 1.82) is 0 Å². The molecule has 1 heterocycles. The third-order valence-corrected chi connectivity index (χ3v) is 3.17. The number of fused-ring (bicyclic) bond motifs is 1. The zero-order chi connectivity index (χ0) is 10.3. The number of benzene rings is 1. The van der Waals surface area contributed by atoms with Crippen molar-refractivity contribution in [3.63, 3.8) is 0 Å². The van der Waals surface area contributed by atoms with E-state index in [-0.39, 0.29) is 5.78 Å². The highest BCUT2D eigenvalue weighted by Gasteiger charge is 2.42. The molecular weight excluding hydrogens is 188 g/mol. The number of hydrogen-bond acceptors (Lipinski definition) is 2. The van der Waals surface area contributed by atoms with E-state index in [9.17, 15) is 4.79 Å². The van der Waals surface area contributed by atoms with Gasteiger partial charge in [-0.25, -0.2) is 0 Å². The van der Waals surface area contributed by atoms with Crippen LogP contribution in [0.1, 0.15) is 28.8 Å². The Hall–Kier alpha value is -1.41. The van der Waals surface area contributed by atoms with Gasteiger partial charge in [0, 0.05) is 12.2 Å². The molecule has 0 saturated carbocycles. The second-order valence-corrected chi connectivity index (χ2v) is 4.09. The predicted molar refractivity (Wildman–Crippen MR) is 57.7 cm³/mol. The van der Waals surface area contributed by atoms with Gasteiger partial charge in [0.25, 0.3) is 0 Å². The number of rotatable bonds is 0. The molecular formula is C13H12O2. The molecule has 1 aliphatic carbocycles. The van der Waals surface area contributed by atoms with Crippen molar-refractivity contribution in [1.82, 2.24) is 0 Å². The topological polar surface area (TPSA) is 26.3 Å². The van der Waals surface area contributed by atoms with Crippen LogP contribution in [0.15, 0.2) is 30.3 Å². The average molecular weight is 200 g/mol. The summed E-state index contributed by atoms with van der Waals surface area (Å²) in [5.74, 6) is 0.123. The predicted octanol–water partition coefficient (Wildman–Crippen LogP) is 2.45. The Morgan fingerprint density at radius 3 is 2.93 bits per heavy atom. The molecule has 2 heteroatoms. The molecule has 76 valence electrons. The summed E-state index contributed by atoms with van der Waals surface area (Å²) in [6.45, 7) is 0.693. The second-order valence-electron chi connectivity index (χ2n) is 4.09. The summed E-state index contributed by atoms with van der Waals surface area (Å²) in [5.41, 5.74) is 1.15. The third-order valence-electron chi connectivity index (χ3n) is 3.17. The minimum absolute atomic E-state index is 0.123. The van der Waals surface area contributed by atoms with Crippen molar-refractivity contribution in [3.8, 4) is 0 Å². The minimum Gasteiger partial charge on any atom is -0.363 e. The highest BCUT2D eigenvalue weighted by atomic mass is 16.5. The minimum atomic E-state index is -0.644. The first-order valence-corrected chi connectivity index (χ1v) is 5.29. The van der Waals surface area contributed by atoms with E-state index in [4.69, 9.17) is 4.74 Å².